The maximum absolute atomic E-state index is 10.5. The summed E-state index contributed by atoms with van der Waals surface area (Å²) in [6, 6.07) is 4.80. The van der Waals surface area contributed by atoms with Crippen molar-refractivity contribution < 1.29 is 4.42 Å². The first-order valence-electron chi connectivity index (χ1n) is 2.48. The van der Waals surface area contributed by atoms with Gasteiger partial charge in [0.1, 0.15) is 5.76 Å². The summed E-state index contributed by atoms with van der Waals surface area (Å²) in [5, 5.41) is 0.586. The van der Waals surface area contributed by atoms with E-state index in [2.05, 4.69) is 15.9 Å². The van der Waals surface area contributed by atoms with E-state index in [4.69, 9.17) is 4.42 Å². The lowest BCUT2D eigenvalue weighted by molar-refractivity contribution is 0.478. The summed E-state index contributed by atoms with van der Waals surface area (Å²) >= 11 is 3.16. The number of halogens is 1. The molecule has 0 aliphatic carbocycles. The lowest BCUT2D eigenvalue weighted by atomic mass is 10.4. The minimum atomic E-state index is -0.299. The second-order valence-electron chi connectivity index (χ2n) is 1.55. The molecule has 0 aromatic carbocycles. The van der Waals surface area contributed by atoms with Crippen LogP contribution >= 0.6 is 15.9 Å². The standard InChI is InChI=1S/C6H5BrO2/c7-4-5-2-1-3-6(8)9-5/h1-3H,4H2. The van der Waals surface area contributed by atoms with Crippen molar-refractivity contribution in [2.75, 3.05) is 0 Å². The molecular weight excluding hydrogens is 184 g/mol. The summed E-state index contributed by atoms with van der Waals surface area (Å²) in [5.41, 5.74) is -0.299. The van der Waals surface area contributed by atoms with Crippen LogP contribution in [0.25, 0.3) is 0 Å². The number of rotatable bonds is 1. The van der Waals surface area contributed by atoms with Crippen molar-refractivity contribution in [3.05, 3.63) is 34.4 Å². The van der Waals surface area contributed by atoms with Gasteiger partial charge in [-0.1, -0.05) is 22.0 Å². The Bertz CT molecular complexity index is 241. The summed E-state index contributed by atoms with van der Waals surface area (Å²) < 4.78 is 4.72. The van der Waals surface area contributed by atoms with E-state index in [0.29, 0.717) is 11.1 Å². The first-order chi connectivity index (χ1) is 4.33. The van der Waals surface area contributed by atoms with E-state index in [0.717, 1.165) is 0 Å². The first-order valence-corrected chi connectivity index (χ1v) is 3.60. The molecular formula is C6H5BrO2. The maximum atomic E-state index is 10.5. The van der Waals surface area contributed by atoms with Gasteiger partial charge in [-0.2, -0.15) is 0 Å². The first kappa shape index (κ1) is 6.55. The molecule has 3 heteroatoms. The molecule has 0 atom stereocenters. The van der Waals surface area contributed by atoms with Crippen LogP contribution in [0.2, 0.25) is 0 Å². The molecule has 1 heterocycles. The molecule has 1 aromatic rings. The molecule has 0 unspecified atom stereocenters. The fourth-order valence-electron chi connectivity index (χ4n) is 0.503. The van der Waals surface area contributed by atoms with Crippen molar-refractivity contribution in [1.82, 2.24) is 0 Å². The van der Waals surface area contributed by atoms with Gasteiger partial charge in [0.2, 0.25) is 0 Å². The van der Waals surface area contributed by atoms with Gasteiger partial charge in [-0.15, -0.1) is 0 Å². The van der Waals surface area contributed by atoms with Crippen LogP contribution < -0.4 is 5.63 Å². The highest BCUT2D eigenvalue weighted by atomic mass is 79.9. The van der Waals surface area contributed by atoms with Gasteiger partial charge in [0.25, 0.3) is 0 Å². The van der Waals surface area contributed by atoms with E-state index < -0.39 is 0 Å². The summed E-state index contributed by atoms with van der Waals surface area (Å²) in [5.74, 6) is 0.655. The molecule has 0 aliphatic heterocycles. The summed E-state index contributed by atoms with van der Waals surface area (Å²) in [7, 11) is 0. The fraction of sp³-hybridized carbons (Fsp3) is 0.167. The number of hydrogen-bond donors (Lipinski definition) is 0. The molecule has 1 aromatic heterocycles. The molecule has 0 saturated heterocycles. The van der Waals surface area contributed by atoms with Gasteiger partial charge < -0.3 is 4.42 Å². The van der Waals surface area contributed by atoms with E-state index in [9.17, 15) is 4.79 Å². The Morgan fingerprint density at radius 2 is 2.33 bits per heavy atom. The monoisotopic (exact) mass is 188 g/mol. The van der Waals surface area contributed by atoms with Gasteiger partial charge in [0, 0.05) is 6.07 Å². The van der Waals surface area contributed by atoms with Gasteiger partial charge in [-0.3, -0.25) is 0 Å². The predicted molar refractivity (Wildman–Crippen MR) is 37.6 cm³/mol. The third kappa shape index (κ3) is 1.68. The van der Waals surface area contributed by atoms with Crippen molar-refractivity contribution in [3.63, 3.8) is 0 Å². The normalized spacial score (nSPS) is 9.44. The van der Waals surface area contributed by atoms with Crippen molar-refractivity contribution in [2.24, 2.45) is 0 Å². The summed E-state index contributed by atoms with van der Waals surface area (Å²) in [4.78, 5) is 10.5. The van der Waals surface area contributed by atoms with Gasteiger partial charge >= 0.3 is 5.63 Å². The van der Waals surface area contributed by atoms with Crippen LogP contribution in [0.1, 0.15) is 5.76 Å². The molecule has 0 N–H and O–H groups in total. The molecule has 2 nitrogen and oxygen atoms in total. The van der Waals surface area contributed by atoms with E-state index in [1.54, 1.807) is 12.1 Å². The van der Waals surface area contributed by atoms with E-state index in [-0.39, 0.29) is 5.63 Å². The summed E-state index contributed by atoms with van der Waals surface area (Å²) in [6.45, 7) is 0. The van der Waals surface area contributed by atoms with Crippen LogP contribution in [0.15, 0.2) is 27.4 Å². The van der Waals surface area contributed by atoms with Crippen LogP contribution in [0.3, 0.4) is 0 Å². The largest absolute Gasteiger partial charge is 0.427 e. The molecule has 0 saturated carbocycles. The smallest absolute Gasteiger partial charge is 0.335 e. The molecule has 0 bridgehead atoms. The molecule has 0 spiro atoms. The van der Waals surface area contributed by atoms with Crippen LogP contribution in [-0.4, -0.2) is 0 Å². The van der Waals surface area contributed by atoms with Crippen molar-refractivity contribution in [1.29, 1.82) is 0 Å². The van der Waals surface area contributed by atoms with Gasteiger partial charge in [-0.25, -0.2) is 4.79 Å². The third-order valence-corrected chi connectivity index (χ3v) is 1.43. The van der Waals surface area contributed by atoms with Crippen LogP contribution in [-0.2, 0) is 5.33 Å². The second kappa shape index (κ2) is 2.82. The third-order valence-electron chi connectivity index (χ3n) is 0.878. The number of alkyl halides is 1. The lowest BCUT2D eigenvalue weighted by Crippen LogP contribution is -1.95. The Morgan fingerprint density at radius 1 is 1.56 bits per heavy atom. The van der Waals surface area contributed by atoms with Gasteiger partial charge in [0.15, 0.2) is 0 Å². The average molecular weight is 189 g/mol. The molecule has 9 heavy (non-hydrogen) atoms. The maximum Gasteiger partial charge on any atom is 0.335 e. The Morgan fingerprint density at radius 3 is 2.78 bits per heavy atom. The molecule has 1 rings (SSSR count). The zero-order valence-electron chi connectivity index (χ0n) is 4.63. The van der Waals surface area contributed by atoms with Crippen molar-refractivity contribution in [3.8, 4) is 0 Å². The molecule has 0 amide bonds. The van der Waals surface area contributed by atoms with E-state index in [1.807, 2.05) is 0 Å². The van der Waals surface area contributed by atoms with E-state index >= 15 is 0 Å². The lowest BCUT2D eigenvalue weighted by Gasteiger charge is -1.88. The minimum absolute atomic E-state index is 0.299. The highest BCUT2D eigenvalue weighted by Crippen LogP contribution is 1.99. The predicted octanol–water partition coefficient (Wildman–Crippen LogP) is 1.53. The van der Waals surface area contributed by atoms with Gasteiger partial charge in [0.05, 0.1) is 5.33 Å². The molecule has 0 fully saturated rings. The molecule has 48 valence electrons. The second-order valence-corrected chi connectivity index (χ2v) is 2.11. The van der Waals surface area contributed by atoms with Crippen molar-refractivity contribution >= 4 is 15.9 Å². The average Bonchev–Trinajstić information content (AvgIpc) is 1.88. The zero-order chi connectivity index (χ0) is 6.69. The summed E-state index contributed by atoms with van der Waals surface area (Å²) in [6.07, 6.45) is 0. The zero-order valence-corrected chi connectivity index (χ0v) is 6.22. The van der Waals surface area contributed by atoms with E-state index in [1.165, 1.54) is 6.07 Å². The highest BCUT2D eigenvalue weighted by molar-refractivity contribution is 9.08. The SMILES string of the molecule is O=c1cccc(CBr)o1. The highest BCUT2D eigenvalue weighted by Gasteiger charge is 1.89. The molecule has 0 radical (unpaired) electrons. The van der Waals surface area contributed by atoms with Crippen LogP contribution in [0.5, 0.6) is 0 Å². The van der Waals surface area contributed by atoms with Crippen LogP contribution in [0.4, 0.5) is 0 Å². The Balaban J connectivity index is 3.08. The van der Waals surface area contributed by atoms with Crippen molar-refractivity contribution in [2.45, 2.75) is 5.33 Å². The molecule has 0 aliphatic rings. The quantitative estimate of drug-likeness (QED) is 0.627. The Hall–Kier alpha value is -0.570. The Labute approximate surface area is 60.6 Å². The fourth-order valence-corrected chi connectivity index (χ4v) is 0.804. The van der Waals surface area contributed by atoms with Gasteiger partial charge in [-0.05, 0) is 6.07 Å². The topological polar surface area (TPSA) is 30.2 Å². The minimum Gasteiger partial charge on any atom is -0.427 e. The van der Waals surface area contributed by atoms with Crippen LogP contribution in [0, 0.1) is 0 Å². The number of hydrogen-bond acceptors (Lipinski definition) is 2. The Kier molecular flexibility index (Phi) is 2.05.